The predicted octanol–water partition coefficient (Wildman–Crippen LogP) is 7.87. The zero-order chi connectivity index (χ0) is 24.8. The van der Waals surface area contributed by atoms with E-state index in [2.05, 4.69) is 36.3 Å². The van der Waals surface area contributed by atoms with E-state index < -0.39 is 5.60 Å². The second-order valence-electron chi connectivity index (χ2n) is 9.20. The van der Waals surface area contributed by atoms with E-state index in [9.17, 15) is 9.90 Å². The minimum Gasteiger partial charge on any atom is -0.385 e. The van der Waals surface area contributed by atoms with E-state index in [0.717, 1.165) is 83.2 Å². The maximum atomic E-state index is 10.8. The standard InChI is InChI=1S/C13H15ClN2O.C7H4BrClN2.C6H10O/c14-9-6-11(10-8-15-16-12(10)7-9)13(17)4-2-1-3-5-13;8-6-1-4(9)2-7-5(6)3-10-11-7;7-6-4-2-1-3-5-6/h6-8,17H,1-5H2,(H,15,16);1-3H,(H,10,11);1-5H2. The number of ketones is 1. The zero-order valence-corrected chi connectivity index (χ0v) is 22.5. The second-order valence-corrected chi connectivity index (χ2v) is 10.9. The van der Waals surface area contributed by atoms with Gasteiger partial charge in [0.15, 0.2) is 0 Å². The smallest absolute Gasteiger partial charge is 0.132 e. The van der Waals surface area contributed by atoms with Crippen molar-refractivity contribution in [1.29, 1.82) is 0 Å². The van der Waals surface area contributed by atoms with E-state index >= 15 is 0 Å². The number of nitrogens with zero attached hydrogens (tertiary/aromatic N) is 2. The largest absolute Gasteiger partial charge is 0.385 e. The fraction of sp³-hybridized carbons (Fsp3) is 0.423. The molecule has 9 heteroatoms. The van der Waals surface area contributed by atoms with E-state index in [1.165, 1.54) is 12.8 Å². The van der Waals surface area contributed by atoms with Gasteiger partial charge in [-0.1, -0.05) is 48.9 Å². The first kappa shape index (κ1) is 26.1. The average Bonchev–Trinajstić information content (AvgIpc) is 3.50. The first-order chi connectivity index (χ1) is 16.9. The molecule has 2 aromatic heterocycles. The van der Waals surface area contributed by atoms with Crippen LogP contribution in [-0.2, 0) is 10.4 Å². The topological polar surface area (TPSA) is 94.7 Å². The lowest BCUT2D eigenvalue weighted by Crippen LogP contribution is -2.28. The van der Waals surface area contributed by atoms with Crippen molar-refractivity contribution in [1.82, 2.24) is 20.4 Å². The van der Waals surface area contributed by atoms with Crippen LogP contribution < -0.4 is 0 Å². The second kappa shape index (κ2) is 11.9. The number of halogens is 3. The molecule has 6 rings (SSSR count). The number of hydrogen-bond acceptors (Lipinski definition) is 4. The van der Waals surface area contributed by atoms with Crippen LogP contribution in [0.5, 0.6) is 0 Å². The van der Waals surface area contributed by atoms with Crippen molar-refractivity contribution in [2.45, 2.75) is 69.8 Å². The quantitative estimate of drug-likeness (QED) is 0.214. The van der Waals surface area contributed by atoms with Gasteiger partial charge in [0.25, 0.3) is 0 Å². The monoisotopic (exact) mass is 578 g/mol. The number of carbonyl (C=O) groups excluding carboxylic acids is 1. The Labute approximate surface area is 222 Å². The molecular weight excluding hydrogens is 551 g/mol. The molecule has 2 aliphatic rings. The fourth-order valence-electron chi connectivity index (χ4n) is 4.73. The number of fused-ring (bicyclic) bond motifs is 2. The van der Waals surface area contributed by atoms with Crippen LogP contribution in [0.1, 0.15) is 69.8 Å². The van der Waals surface area contributed by atoms with E-state index in [1.54, 1.807) is 12.4 Å². The van der Waals surface area contributed by atoms with Gasteiger partial charge in [0.05, 0.1) is 29.0 Å². The lowest BCUT2D eigenvalue weighted by Gasteiger charge is -2.33. The molecule has 2 aliphatic carbocycles. The van der Waals surface area contributed by atoms with Gasteiger partial charge < -0.3 is 5.11 Å². The Kier molecular flexibility index (Phi) is 8.87. The van der Waals surface area contributed by atoms with E-state index in [-0.39, 0.29) is 0 Å². The molecule has 0 saturated heterocycles. The molecule has 3 N–H and O–H groups in total. The molecule has 0 bridgehead atoms. The van der Waals surface area contributed by atoms with Crippen LogP contribution in [0.15, 0.2) is 41.1 Å². The van der Waals surface area contributed by atoms with Gasteiger partial charge in [0, 0.05) is 38.1 Å². The molecule has 0 spiro atoms. The minimum absolute atomic E-state index is 0.464. The molecule has 0 amide bonds. The summed E-state index contributed by atoms with van der Waals surface area (Å²) in [4.78, 5) is 10.5. The summed E-state index contributed by atoms with van der Waals surface area (Å²) in [6, 6.07) is 7.42. The molecule has 4 aromatic rings. The Balaban J connectivity index is 0.000000137. The van der Waals surface area contributed by atoms with Crippen molar-refractivity contribution in [2.75, 3.05) is 0 Å². The number of hydrogen-bond donors (Lipinski definition) is 3. The van der Waals surface area contributed by atoms with Crippen LogP contribution in [0.4, 0.5) is 0 Å². The molecule has 35 heavy (non-hydrogen) atoms. The van der Waals surface area contributed by atoms with Crippen LogP contribution in [0.3, 0.4) is 0 Å². The third kappa shape index (κ3) is 6.64. The molecule has 2 heterocycles. The average molecular weight is 580 g/mol. The van der Waals surface area contributed by atoms with Gasteiger partial charge in [-0.15, -0.1) is 0 Å². The van der Waals surface area contributed by atoms with Crippen molar-refractivity contribution in [3.05, 3.63) is 56.7 Å². The van der Waals surface area contributed by atoms with Gasteiger partial charge in [-0.2, -0.15) is 10.2 Å². The van der Waals surface area contributed by atoms with Crippen molar-refractivity contribution in [3.8, 4) is 0 Å². The van der Waals surface area contributed by atoms with Crippen LogP contribution >= 0.6 is 39.1 Å². The summed E-state index contributed by atoms with van der Waals surface area (Å²) < 4.78 is 0.966. The number of Topliss-reactive ketones (excluding diaryl/α,β-unsaturated/α-hetero) is 1. The van der Waals surface area contributed by atoms with E-state index in [4.69, 9.17) is 23.2 Å². The van der Waals surface area contributed by atoms with Crippen LogP contribution in [0.25, 0.3) is 21.8 Å². The Bertz CT molecular complexity index is 1290. The number of aromatic amines is 2. The van der Waals surface area contributed by atoms with Crippen LogP contribution in [-0.4, -0.2) is 31.3 Å². The van der Waals surface area contributed by atoms with Gasteiger partial charge in [0.2, 0.25) is 0 Å². The first-order valence-electron chi connectivity index (χ1n) is 12.0. The summed E-state index contributed by atoms with van der Waals surface area (Å²) in [5, 5.41) is 27.8. The Morgan fingerprint density at radius 2 is 1.34 bits per heavy atom. The van der Waals surface area contributed by atoms with E-state index in [0.29, 0.717) is 15.8 Å². The number of benzene rings is 2. The van der Waals surface area contributed by atoms with Gasteiger partial charge in [-0.05, 0) is 71.4 Å². The van der Waals surface area contributed by atoms with Crippen molar-refractivity contribution in [3.63, 3.8) is 0 Å². The highest BCUT2D eigenvalue weighted by atomic mass is 79.9. The highest BCUT2D eigenvalue weighted by Gasteiger charge is 2.33. The number of aromatic nitrogens is 4. The molecule has 0 aliphatic heterocycles. The lowest BCUT2D eigenvalue weighted by molar-refractivity contribution is -0.120. The molecule has 0 atom stereocenters. The van der Waals surface area contributed by atoms with Gasteiger partial charge in [0.1, 0.15) is 5.78 Å². The summed E-state index contributed by atoms with van der Waals surface area (Å²) in [6.45, 7) is 0. The number of nitrogens with one attached hydrogen (secondary N) is 2. The molecule has 2 fully saturated rings. The number of carbonyl (C=O) groups is 1. The number of aliphatic hydroxyl groups is 1. The molecule has 2 saturated carbocycles. The highest BCUT2D eigenvalue weighted by Crippen LogP contribution is 2.40. The van der Waals surface area contributed by atoms with Crippen LogP contribution in [0.2, 0.25) is 10.0 Å². The van der Waals surface area contributed by atoms with Gasteiger partial charge >= 0.3 is 0 Å². The summed E-state index contributed by atoms with van der Waals surface area (Å²) in [6.07, 6.45) is 13.7. The third-order valence-corrected chi connectivity index (χ3v) is 7.68. The predicted molar refractivity (Wildman–Crippen MR) is 145 cm³/mol. The Morgan fingerprint density at radius 3 is 1.94 bits per heavy atom. The summed E-state index contributed by atoms with van der Waals surface area (Å²) in [7, 11) is 0. The molecular formula is C26H29BrCl2N4O2. The Morgan fingerprint density at radius 1 is 0.800 bits per heavy atom. The molecule has 186 valence electrons. The minimum atomic E-state index is -0.731. The van der Waals surface area contributed by atoms with Crippen LogP contribution in [0, 0.1) is 0 Å². The Hall–Kier alpha value is -1.93. The SMILES string of the molecule is Clc1cc(Br)c2cn[nH]c2c1.O=C1CCCCC1.OC1(c2cc(Cl)cc3[nH]ncc23)CCCCC1. The van der Waals surface area contributed by atoms with Crippen molar-refractivity contribution in [2.24, 2.45) is 0 Å². The molecule has 0 radical (unpaired) electrons. The molecule has 0 unspecified atom stereocenters. The zero-order valence-electron chi connectivity index (χ0n) is 19.4. The van der Waals surface area contributed by atoms with Crippen molar-refractivity contribution >= 4 is 66.7 Å². The molecule has 6 nitrogen and oxygen atoms in total. The van der Waals surface area contributed by atoms with E-state index in [1.807, 2.05) is 24.3 Å². The van der Waals surface area contributed by atoms with Gasteiger partial charge in [-0.25, -0.2) is 0 Å². The maximum absolute atomic E-state index is 10.8. The summed E-state index contributed by atoms with van der Waals surface area (Å²) in [5.74, 6) is 0.464. The first-order valence-corrected chi connectivity index (χ1v) is 13.6. The number of rotatable bonds is 1. The normalized spacial score (nSPS) is 17.4. The molecule has 2 aromatic carbocycles. The van der Waals surface area contributed by atoms with Crippen molar-refractivity contribution < 1.29 is 9.90 Å². The maximum Gasteiger partial charge on any atom is 0.132 e. The lowest BCUT2D eigenvalue weighted by atomic mass is 9.78. The highest BCUT2D eigenvalue weighted by molar-refractivity contribution is 9.10. The number of H-pyrrole nitrogens is 2. The summed E-state index contributed by atoms with van der Waals surface area (Å²) >= 11 is 15.3. The van der Waals surface area contributed by atoms with Gasteiger partial charge in [-0.3, -0.25) is 15.0 Å². The fourth-order valence-corrected chi connectivity index (χ4v) is 5.86. The third-order valence-electron chi connectivity index (χ3n) is 6.59. The summed E-state index contributed by atoms with van der Waals surface area (Å²) in [5.41, 5.74) is 2.04.